The van der Waals surface area contributed by atoms with E-state index in [2.05, 4.69) is 20.3 Å². The van der Waals surface area contributed by atoms with Crippen LogP contribution in [0.5, 0.6) is 0 Å². The van der Waals surface area contributed by atoms with Crippen LogP contribution < -0.4 is 10.2 Å². The Morgan fingerprint density at radius 1 is 1.06 bits per heavy atom. The number of anilines is 2. The van der Waals surface area contributed by atoms with Crippen LogP contribution >= 0.6 is 10.2 Å². The summed E-state index contributed by atoms with van der Waals surface area (Å²) < 4.78 is 64.4. The molecule has 2 N–H and O–H groups in total. The van der Waals surface area contributed by atoms with Crippen LogP contribution in [0.25, 0.3) is 11.1 Å². The number of nitrogens with one attached hydrogen (secondary N) is 1. The van der Waals surface area contributed by atoms with Gasteiger partial charge >= 0.3 is 10.2 Å². The van der Waals surface area contributed by atoms with Crippen molar-refractivity contribution < 1.29 is 29.3 Å². The molecule has 1 saturated heterocycles. The lowest BCUT2D eigenvalue weighted by atomic mass is 10.1. The molecule has 0 aliphatic carbocycles. The molecule has 1 aliphatic heterocycles. The van der Waals surface area contributed by atoms with E-state index in [-0.39, 0.29) is 23.4 Å². The fraction of sp³-hybridized carbons (Fsp3) is 0.200. The van der Waals surface area contributed by atoms with E-state index in [1.54, 1.807) is 0 Å². The Bertz CT molecular complexity index is 1190. The average molecular weight is 487 g/mol. The molecule has 0 radical (unpaired) electrons. The van der Waals surface area contributed by atoms with Crippen LogP contribution in [-0.2, 0) is 0 Å². The molecule has 1 amide bonds. The molecule has 176 valence electrons. The van der Waals surface area contributed by atoms with Crippen molar-refractivity contribution in [1.29, 1.82) is 0 Å². The van der Waals surface area contributed by atoms with E-state index in [0.29, 0.717) is 36.5 Å². The minimum Gasteiger partial charge on any atom is -0.391 e. The lowest BCUT2D eigenvalue weighted by molar-refractivity contribution is 0.102. The Balaban J connectivity index is 1.62. The normalized spacial score (nSPS) is 18.5. The third kappa shape index (κ3) is 5.20. The van der Waals surface area contributed by atoms with E-state index in [4.69, 9.17) is 0 Å². The van der Waals surface area contributed by atoms with E-state index in [1.807, 2.05) is 4.90 Å². The van der Waals surface area contributed by atoms with Crippen LogP contribution in [-0.4, -0.2) is 45.2 Å². The van der Waals surface area contributed by atoms with Crippen molar-refractivity contribution in [2.24, 2.45) is 0 Å². The zero-order valence-corrected chi connectivity index (χ0v) is 17.7. The quantitative estimate of drug-likeness (QED) is 0.491. The minimum atomic E-state index is -9.80. The van der Waals surface area contributed by atoms with Gasteiger partial charge in [-0.3, -0.25) is 4.79 Å². The second-order valence-electron chi connectivity index (χ2n) is 7.56. The minimum absolute atomic E-state index is 0.0779. The van der Waals surface area contributed by atoms with Crippen molar-refractivity contribution in [3.05, 3.63) is 60.8 Å². The summed E-state index contributed by atoms with van der Waals surface area (Å²) in [4.78, 5) is 24.8. The summed E-state index contributed by atoms with van der Waals surface area (Å²) >= 11 is 0. The highest BCUT2D eigenvalue weighted by molar-refractivity contribution is 8.45. The van der Waals surface area contributed by atoms with Gasteiger partial charge in [-0.25, -0.2) is 15.0 Å². The molecule has 7 nitrogen and oxygen atoms in total. The van der Waals surface area contributed by atoms with Gasteiger partial charge in [0.1, 0.15) is 17.0 Å². The molecule has 3 aromatic rings. The summed E-state index contributed by atoms with van der Waals surface area (Å²) in [7, 11) is -9.80. The van der Waals surface area contributed by atoms with Gasteiger partial charge in [0, 0.05) is 48.5 Å². The largest absolute Gasteiger partial charge is 0.391 e. The molecular weight excluding hydrogens is 469 g/mol. The molecule has 0 saturated carbocycles. The SMILES string of the molecule is O=C(Nc1ccc(S(F)(F)(F)(F)F)cc1)c1cnc(N2CCC(O)C2)c(-c2cncnc2)c1. The van der Waals surface area contributed by atoms with Gasteiger partial charge in [0.15, 0.2) is 0 Å². The van der Waals surface area contributed by atoms with Gasteiger partial charge in [-0.15, -0.1) is 0 Å². The zero-order valence-electron chi connectivity index (χ0n) is 16.8. The first-order valence-electron chi connectivity index (χ1n) is 9.64. The number of hydrogen-bond donors (Lipinski definition) is 2. The first kappa shape index (κ1) is 22.9. The molecule has 1 atom stereocenters. The molecule has 1 fully saturated rings. The number of β-amino-alcohol motifs (C(OH)–C–C–N with tert-alkyl or cyclic N) is 1. The average Bonchev–Trinajstić information content (AvgIpc) is 3.19. The Kier molecular flexibility index (Phi) is 5.09. The van der Waals surface area contributed by atoms with Gasteiger partial charge in [0.05, 0.1) is 11.7 Å². The molecule has 1 unspecified atom stereocenters. The summed E-state index contributed by atoms with van der Waals surface area (Å²) in [6, 6.07) is 3.48. The van der Waals surface area contributed by atoms with Crippen molar-refractivity contribution in [2.75, 3.05) is 23.3 Å². The molecule has 1 aromatic carbocycles. The summed E-state index contributed by atoms with van der Waals surface area (Å²) in [6.07, 6.45) is 5.72. The van der Waals surface area contributed by atoms with Crippen molar-refractivity contribution in [3.63, 3.8) is 0 Å². The number of carbonyl (C=O) groups is 1. The number of pyridine rings is 1. The van der Waals surface area contributed by atoms with Crippen LogP contribution in [0.2, 0.25) is 0 Å². The van der Waals surface area contributed by atoms with Crippen LogP contribution in [0.15, 0.2) is 60.1 Å². The molecular formula is C20H18F5N5O2S. The number of amides is 1. The molecule has 0 bridgehead atoms. The number of aromatic nitrogens is 3. The van der Waals surface area contributed by atoms with E-state index >= 15 is 0 Å². The molecule has 1 aliphatic rings. The molecule has 4 rings (SSSR count). The first-order valence-corrected chi connectivity index (χ1v) is 11.6. The Morgan fingerprint density at radius 2 is 1.73 bits per heavy atom. The number of hydrogen-bond acceptors (Lipinski definition) is 6. The Morgan fingerprint density at radius 3 is 2.30 bits per heavy atom. The maximum atomic E-state index is 12.9. The number of aliphatic hydroxyl groups excluding tert-OH is 1. The maximum Gasteiger partial charge on any atom is 0.310 e. The van der Waals surface area contributed by atoms with E-state index in [1.165, 1.54) is 31.0 Å². The maximum absolute atomic E-state index is 12.9. The smallest absolute Gasteiger partial charge is 0.310 e. The van der Waals surface area contributed by atoms with Crippen LogP contribution in [0.3, 0.4) is 0 Å². The number of rotatable bonds is 5. The van der Waals surface area contributed by atoms with Crippen LogP contribution in [0.1, 0.15) is 16.8 Å². The summed E-state index contributed by atoms with van der Waals surface area (Å²) in [6.45, 7) is 0.913. The number of halogens is 5. The third-order valence-electron chi connectivity index (χ3n) is 5.02. The third-order valence-corrected chi connectivity index (χ3v) is 6.18. The van der Waals surface area contributed by atoms with E-state index < -0.39 is 27.1 Å². The monoisotopic (exact) mass is 487 g/mol. The second-order valence-corrected chi connectivity index (χ2v) is 9.97. The second kappa shape index (κ2) is 7.35. The van der Waals surface area contributed by atoms with Crippen molar-refractivity contribution in [3.8, 4) is 11.1 Å². The van der Waals surface area contributed by atoms with Crippen LogP contribution in [0, 0.1) is 0 Å². The summed E-state index contributed by atoms with van der Waals surface area (Å²) in [5.74, 6) is -0.188. The van der Waals surface area contributed by atoms with Gasteiger partial charge in [0.25, 0.3) is 5.91 Å². The highest BCUT2D eigenvalue weighted by Crippen LogP contribution is 3.02. The number of carbonyl (C=O) groups excluding carboxylic acids is 1. The fourth-order valence-electron chi connectivity index (χ4n) is 3.42. The number of nitrogens with zero attached hydrogens (tertiary/aromatic N) is 4. The number of aliphatic hydroxyl groups is 1. The molecule has 33 heavy (non-hydrogen) atoms. The lowest BCUT2D eigenvalue weighted by Gasteiger charge is -2.40. The zero-order chi connectivity index (χ0) is 23.9. The fourth-order valence-corrected chi connectivity index (χ4v) is 4.07. The highest BCUT2D eigenvalue weighted by atomic mass is 32.5. The topological polar surface area (TPSA) is 91.2 Å². The first-order chi connectivity index (χ1) is 15.3. The van der Waals surface area contributed by atoms with Crippen molar-refractivity contribution in [2.45, 2.75) is 17.4 Å². The van der Waals surface area contributed by atoms with Crippen molar-refractivity contribution >= 4 is 27.6 Å². The Hall–Kier alpha value is -3.32. The number of benzene rings is 1. The highest BCUT2D eigenvalue weighted by Gasteiger charge is 2.65. The molecule has 13 heteroatoms. The van der Waals surface area contributed by atoms with Gasteiger partial charge in [-0.05, 0) is 36.8 Å². The van der Waals surface area contributed by atoms with E-state index in [9.17, 15) is 29.3 Å². The standard InChI is InChI=1S/C20H18F5N5O2S/c21-33(22,23,24,25)17-3-1-15(2-4-17)29-20(32)13-7-18(14-8-26-12-27-9-14)19(28-10-13)30-6-5-16(31)11-30/h1-4,7-10,12,16,31H,5-6,11H2,(H,29,32). The van der Waals surface area contributed by atoms with Gasteiger partial charge in [-0.2, -0.15) is 0 Å². The predicted molar refractivity (Wildman–Crippen MR) is 114 cm³/mol. The van der Waals surface area contributed by atoms with Gasteiger partial charge < -0.3 is 15.3 Å². The summed E-state index contributed by atoms with van der Waals surface area (Å²) in [5.41, 5.74) is 1.07. The van der Waals surface area contributed by atoms with Crippen molar-refractivity contribution in [1.82, 2.24) is 15.0 Å². The predicted octanol–water partition coefficient (Wildman–Crippen LogP) is 5.02. The van der Waals surface area contributed by atoms with Gasteiger partial charge in [-0.1, -0.05) is 19.4 Å². The molecule has 3 heterocycles. The summed E-state index contributed by atoms with van der Waals surface area (Å²) in [5, 5.41) is 12.2. The lowest BCUT2D eigenvalue weighted by Crippen LogP contribution is -2.23. The van der Waals surface area contributed by atoms with Crippen LogP contribution in [0.4, 0.5) is 30.9 Å². The van der Waals surface area contributed by atoms with Gasteiger partial charge in [0.2, 0.25) is 0 Å². The Labute approximate surface area is 185 Å². The molecule has 2 aromatic heterocycles. The molecule has 0 spiro atoms. The van der Waals surface area contributed by atoms with E-state index in [0.717, 1.165) is 12.1 Å².